The molecule has 0 aliphatic carbocycles. The Balaban J connectivity index is 1.89. The van der Waals surface area contributed by atoms with Crippen LogP contribution in [-0.4, -0.2) is 20.7 Å². The van der Waals surface area contributed by atoms with E-state index in [0.29, 0.717) is 17.4 Å². The lowest BCUT2D eigenvalue weighted by Crippen LogP contribution is -2.25. The van der Waals surface area contributed by atoms with Crippen molar-refractivity contribution >= 4 is 25.8 Å². The maximum absolute atomic E-state index is 12.4. The number of halogens is 1. The van der Waals surface area contributed by atoms with Gasteiger partial charge in [-0.1, -0.05) is 54.0 Å². The zero-order valence-corrected chi connectivity index (χ0v) is 17.4. The molecule has 0 aliphatic rings. The summed E-state index contributed by atoms with van der Waals surface area (Å²) >= 11 is 3.32. The van der Waals surface area contributed by atoms with E-state index in [2.05, 4.69) is 66.3 Å². The van der Waals surface area contributed by atoms with Crippen molar-refractivity contribution in [1.82, 2.24) is 5.32 Å². The SMILES string of the molecule is CC(C)Cc1ccc([C@@H](C)NCCS(=O)(=O)c2ccc(Br)cc2)cc1. The normalized spacial score (nSPS) is 13.2. The molecule has 0 fully saturated rings. The Bertz CT molecular complexity index is 768. The molecule has 0 radical (unpaired) electrons. The van der Waals surface area contributed by atoms with Gasteiger partial charge in [0, 0.05) is 17.1 Å². The van der Waals surface area contributed by atoms with Gasteiger partial charge >= 0.3 is 0 Å². The first-order valence-electron chi connectivity index (χ1n) is 8.58. The zero-order valence-electron chi connectivity index (χ0n) is 15.0. The number of hydrogen-bond donors (Lipinski definition) is 1. The molecule has 2 aromatic rings. The van der Waals surface area contributed by atoms with E-state index in [1.165, 1.54) is 11.1 Å². The Morgan fingerprint density at radius 1 is 0.960 bits per heavy atom. The quantitative estimate of drug-likeness (QED) is 0.664. The molecular weight excluding hydrogens is 398 g/mol. The van der Waals surface area contributed by atoms with Crippen LogP contribution in [0, 0.1) is 5.92 Å². The molecule has 136 valence electrons. The molecular formula is C20H26BrNO2S. The predicted octanol–water partition coefficient (Wildman–Crippen LogP) is 4.77. The number of benzene rings is 2. The lowest BCUT2D eigenvalue weighted by atomic mass is 10.00. The first kappa shape index (κ1) is 20.1. The number of sulfone groups is 1. The van der Waals surface area contributed by atoms with Crippen molar-refractivity contribution < 1.29 is 8.42 Å². The summed E-state index contributed by atoms with van der Waals surface area (Å²) in [6.07, 6.45) is 1.08. The maximum atomic E-state index is 12.4. The minimum atomic E-state index is -3.26. The summed E-state index contributed by atoms with van der Waals surface area (Å²) in [6, 6.07) is 15.5. The highest BCUT2D eigenvalue weighted by Gasteiger charge is 2.14. The molecule has 0 saturated heterocycles. The van der Waals surface area contributed by atoms with Gasteiger partial charge in [0.15, 0.2) is 9.84 Å². The average molecular weight is 424 g/mol. The van der Waals surface area contributed by atoms with Crippen molar-refractivity contribution in [1.29, 1.82) is 0 Å². The lowest BCUT2D eigenvalue weighted by molar-refractivity contribution is 0.572. The van der Waals surface area contributed by atoms with Gasteiger partial charge < -0.3 is 5.32 Å². The van der Waals surface area contributed by atoms with Crippen LogP contribution in [0.4, 0.5) is 0 Å². The summed E-state index contributed by atoms with van der Waals surface area (Å²) in [6.45, 7) is 6.91. The highest BCUT2D eigenvalue weighted by molar-refractivity contribution is 9.10. The minimum Gasteiger partial charge on any atom is -0.309 e. The second-order valence-corrected chi connectivity index (χ2v) is 9.81. The number of nitrogens with one attached hydrogen (secondary N) is 1. The third kappa shape index (κ3) is 6.24. The van der Waals surface area contributed by atoms with E-state index in [1.54, 1.807) is 24.3 Å². The molecule has 0 bridgehead atoms. The fraction of sp³-hybridized carbons (Fsp3) is 0.400. The van der Waals surface area contributed by atoms with Crippen LogP contribution in [0.3, 0.4) is 0 Å². The molecule has 0 saturated carbocycles. The van der Waals surface area contributed by atoms with Crippen molar-refractivity contribution in [2.75, 3.05) is 12.3 Å². The van der Waals surface area contributed by atoms with Crippen LogP contribution in [0.1, 0.15) is 37.9 Å². The van der Waals surface area contributed by atoms with Gasteiger partial charge in [0.2, 0.25) is 0 Å². The average Bonchev–Trinajstić information content (AvgIpc) is 2.55. The van der Waals surface area contributed by atoms with Gasteiger partial charge in [-0.15, -0.1) is 0 Å². The molecule has 0 amide bonds. The van der Waals surface area contributed by atoms with Gasteiger partial charge in [-0.3, -0.25) is 0 Å². The Hall–Kier alpha value is -1.17. The van der Waals surface area contributed by atoms with Crippen molar-refractivity contribution in [2.24, 2.45) is 5.92 Å². The van der Waals surface area contributed by atoms with E-state index in [-0.39, 0.29) is 11.8 Å². The third-order valence-corrected chi connectivity index (χ3v) is 6.38. The van der Waals surface area contributed by atoms with Crippen molar-refractivity contribution in [3.8, 4) is 0 Å². The van der Waals surface area contributed by atoms with E-state index < -0.39 is 9.84 Å². The smallest absolute Gasteiger partial charge is 0.179 e. The first-order valence-corrected chi connectivity index (χ1v) is 11.0. The first-order chi connectivity index (χ1) is 11.8. The summed E-state index contributed by atoms with van der Waals surface area (Å²) in [5.74, 6) is 0.731. The molecule has 0 aromatic heterocycles. The highest BCUT2D eigenvalue weighted by atomic mass is 79.9. The fourth-order valence-electron chi connectivity index (χ4n) is 2.70. The van der Waals surface area contributed by atoms with E-state index in [4.69, 9.17) is 0 Å². The predicted molar refractivity (Wildman–Crippen MR) is 108 cm³/mol. The van der Waals surface area contributed by atoms with Crippen LogP contribution < -0.4 is 5.32 Å². The van der Waals surface area contributed by atoms with Crippen LogP contribution in [-0.2, 0) is 16.3 Å². The van der Waals surface area contributed by atoms with Crippen LogP contribution in [0.5, 0.6) is 0 Å². The standard InChI is InChI=1S/C20H26BrNO2S/c1-15(2)14-17-4-6-18(7-5-17)16(3)22-12-13-25(23,24)20-10-8-19(21)9-11-20/h4-11,15-16,22H,12-14H2,1-3H3/t16-/m1/s1. The second-order valence-electron chi connectivity index (χ2n) is 6.79. The molecule has 0 heterocycles. The Morgan fingerprint density at radius 2 is 1.56 bits per heavy atom. The van der Waals surface area contributed by atoms with E-state index in [1.807, 2.05) is 0 Å². The highest BCUT2D eigenvalue weighted by Crippen LogP contribution is 2.17. The lowest BCUT2D eigenvalue weighted by Gasteiger charge is -2.15. The zero-order chi connectivity index (χ0) is 18.4. The van der Waals surface area contributed by atoms with Gasteiger partial charge in [-0.25, -0.2) is 8.42 Å². The second kappa shape index (κ2) is 8.97. The molecule has 0 spiro atoms. The van der Waals surface area contributed by atoms with Crippen LogP contribution in [0.25, 0.3) is 0 Å². The molecule has 3 nitrogen and oxygen atoms in total. The van der Waals surface area contributed by atoms with Crippen molar-refractivity contribution in [3.05, 3.63) is 64.1 Å². The molecule has 1 atom stereocenters. The van der Waals surface area contributed by atoms with Crippen molar-refractivity contribution in [3.63, 3.8) is 0 Å². The number of rotatable bonds is 8. The van der Waals surface area contributed by atoms with Gasteiger partial charge in [0.1, 0.15) is 0 Å². The molecule has 25 heavy (non-hydrogen) atoms. The molecule has 1 N–H and O–H groups in total. The van der Waals surface area contributed by atoms with E-state index >= 15 is 0 Å². The van der Waals surface area contributed by atoms with Gasteiger partial charge in [-0.2, -0.15) is 0 Å². The molecule has 0 unspecified atom stereocenters. The van der Waals surface area contributed by atoms with Gasteiger partial charge in [0.25, 0.3) is 0 Å². The monoisotopic (exact) mass is 423 g/mol. The summed E-state index contributed by atoms with van der Waals surface area (Å²) in [7, 11) is -3.26. The molecule has 2 rings (SSSR count). The summed E-state index contributed by atoms with van der Waals surface area (Å²) in [4.78, 5) is 0.364. The summed E-state index contributed by atoms with van der Waals surface area (Å²) in [5, 5.41) is 3.31. The summed E-state index contributed by atoms with van der Waals surface area (Å²) in [5.41, 5.74) is 2.51. The molecule has 2 aromatic carbocycles. The van der Waals surface area contributed by atoms with Crippen LogP contribution in [0.15, 0.2) is 57.9 Å². The van der Waals surface area contributed by atoms with Gasteiger partial charge in [0.05, 0.1) is 10.6 Å². The topological polar surface area (TPSA) is 46.2 Å². The maximum Gasteiger partial charge on any atom is 0.179 e. The fourth-order valence-corrected chi connectivity index (χ4v) is 4.14. The minimum absolute atomic E-state index is 0.0877. The van der Waals surface area contributed by atoms with Crippen molar-refractivity contribution in [2.45, 2.75) is 38.1 Å². The van der Waals surface area contributed by atoms with E-state index in [0.717, 1.165) is 10.9 Å². The largest absolute Gasteiger partial charge is 0.309 e. The summed E-state index contributed by atoms with van der Waals surface area (Å²) < 4.78 is 25.6. The number of hydrogen-bond acceptors (Lipinski definition) is 3. The van der Waals surface area contributed by atoms with Crippen LogP contribution >= 0.6 is 15.9 Å². The third-order valence-electron chi connectivity index (χ3n) is 4.12. The van der Waals surface area contributed by atoms with Crippen LogP contribution in [0.2, 0.25) is 0 Å². The Morgan fingerprint density at radius 3 is 2.12 bits per heavy atom. The van der Waals surface area contributed by atoms with Gasteiger partial charge in [-0.05, 0) is 54.7 Å². The van der Waals surface area contributed by atoms with E-state index in [9.17, 15) is 8.42 Å². The molecule has 0 aliphatic heterocycles. The Kier molecular flexibility index (Phi) is 7.23. The Labute approximate surface area is 159 Å². The molecule has 5 heteroatoms.